The number of alkyl halides is 3. The molecule has 1 aromatic rings. The Morgan fingerprint density at radius 3 is 2.57 bits per heavy atom. The molecule has 0 spiro atoms. The normalized spacial score (nSPS) is 15.6. The Morgan fingerprint density at radius 2 is 2.17 bits per heavy atom. The van der Waals surface area contributed by atoms with Gasteiger partial charge in [-0.1, -0.05) is 0 Å². The number of rotatable bonds is 6. The molecule has 1 amide bonds. The van der Waals surface area contributed by atoms with Gasteiger partial charge in [0.1, 0.15) is 0 Å². The second-order valence-corrected chi connectivity index (χ2v) is 5.36. The minimum Gasteiger partial charge on any atom is -0.374 e. The number of amides is 1. The van der Waals surface area contributed by atoms with Gasteiger partial charge in [-0.2, -0.15) is 18.4 Å². The number of aromatic nitrogens is 2. The molecule has 0 aliphatic heterocycles. The molecule has 0 saturated carbocycles. The van der Waals surface area contributed by atoms with E-state index in [9.17, 15) is 23.1 Å². The zero-order chi connectivity index (χ0) is 17.8. The summed E-state index contributed by atoms with van der Waals surface area (Å²) in [6.45, 7) is 3.29. The maximum absolute atomic E-state index is 13.4. The molecule has 2 atom stereocenters. The number of hydrogen-bond acceptors (Lipinski definition) is 4. The average Bonchev–Trinajstić information content (AvgIpc) is 2.89. The number of nitrogens with zero attached hydrogens (tertiary/aromatic N) is 4. The predicted molar refractivity (Wildman–Crippen MR) is 74.8 cm³/mol. The molecule has 0 aliphatic carbocycles. The third kappa shape index (κ3) is 4.01. The van der Waals surface area contributed by atoms with E-state index in [2.05, 4.69) is 4.98 Å². The Labute approximate surface area is 132 Å². The average molecular weight is 332 g/mol. The van der Waals surface area contributed by atoms with Crippen LogP contribution < -0.4 is 0 Å². The van der Waals surface area contributed by atoms with Gasteiger partial charge in [-0.05, 0) is 13.8 Å². The highest BCUT2D eigenvalue weighted by molar-refractivity contribution is 5.77. The van der Waals surface area contributed by atoms with E-state index in [0.717, 1.165) is 15.7 Å². The molecule has 23 heavy (non-hydrogen) atoms. The molecule has 128 valence electrons. The molecule has 2 unspecified atom stereocenters. The standard InChI is InChI=1S/C14H19F3N4O2/c1-4-21(9-10(2)8-18)11(22)7-13(23,14(15,16)17)12-19-5-6-20(12)3/h5-6,10,23H,4,7,9H2,1-3H3. The van der Waals surface area contributed by atoms with Crippen molar-refractivity contribution in [2.75, 3.05) is 13.1 Å². The number of carbonyl (C=O) groups excluding carboxylic acids is 1. The molecule has 1 aromatic heterocycles. The predicted octanol–water partition coefficient (Wildman–Crippen LogP) is 1.57. The Morgan fingerprint density at radius 1 is 1.57 bits per heavy atom. The first-order valence-electron chi connectivity index (χ1n) is 7.01. The lowest BCUT2D eigenvalue weighted by atomic mass is 9.96. The van der Waals surface area contributed by atoms with E-state index in [1.807, 2.05) is 6.07 Å². The fourth-order valence-electron chi connectivity index (χ4n) is 2.18. The summed E-state index contributed by atoms with van der Waals surface area (Å²) in [7, 11) is 1.30. The molecule has 0 radical (unpaired) electrons. The van der Waals surface area contributed by atoms with Crippen LogP contribution in [0.1, 0.15) is 26.1 Å². The van der Waals surface area contributed by atoms with E-state index in [0.29, 0.717) is 0 Å². The van der Waals surface area contributed by atoms with Crippen molar-refractivity contribution in [2.45, 2.75) is 32.0 Å². The number of hydrogen-bond donors (Lipinski definition) is 1. The van der Waals surface area contributed by atoms with Crippen LogP contribution in [-0.2, 0) is 17.4 Å². The van der Waals surface area contributed by atoms with Crippen molar-refractivity contribution in [3.05, 3.63) is 18.2 Å². The number of nitriles is 1. The number of aryl methyl sites for hydroxylation is 1. The lowest BCUT2D eigenvalue weighted by Gasteiger charge is -2.32. The lowest BCUT2D eigenvalue weighted by Crippen LogP contribution is -2.49. The largest absolute Gasteiger partial charge is 0.425 e. The Kier molecular flexibility index (Phi) is 5.77. The zero-order valence-electron chi connectivity index (χ0n) is 13.1. The van der Waals surface area contributed by atoms with Crippen LogP contribution in [0.4, 0.5) is 13.2 Å². The third-order valence-corrected chi connectivity index (χ3v) is 3.52. The Balaban J connectivity index is 3.10. The van der Waals surface area contributed by atoms with Crippen LogP contribution in [0.2, 0.25) is 0 Å². The van der Waals surface area contributed by atoms with E-state index < -0.39 is 35.8 Å². The van der Waals surface area contributed by atoms with Gasteiger partial charge < -0.3 is 14.6 Å². The van der Waals surface area contributed by atoms with E-state index in [1.54, 1.807) is 13.8 Å². The molecular formula is C14H19F3N4O2. The van der Waals surface area contributed by atoms with Crippen LogP contribution >= 0.6 is 0 Å². The lowest BCUT2D eigenvalue weighted by molar-refractivity contribution is -0.272. The van der Waals surface area contributed by atoms with Crippen molar-refractivity contribution in [1.82, 2.24) is 14.5 Å². The topological polar surface area (TPSA) is 82.2 Å². The number of aliphatic hydroxyl groups is 1. The molecule has 0 bridgehead atoms. The van der Waals surface area contributed by atoms with Gasteiger partial charge in [0.05, 0.1) is 18.4 Å². The van der Waals surface area contributed by atoms with Crippen LogP contribution in [0, 0.1) is 17.2 Å². The van der Waals surface area contributed by atoms with E-state index in [-0.39, 0.29) is 13.1 Å². The number of carbonyl (C=O) groups is 1. The molecule has 1 N–H and O–H groups in total. The summed E-state index contributed by atoms with van der Waals surface area (Å²) in [6, 6.07) is 1.92. The van der Waals surface area contributed by atoms with Crippen molar-refractivity contribution < 1.29 is 23.1 Å². The molecule has 1 heterocycles. The van der Waals surface area contributed by atoms with Gasteiger partial charge in [0.25, 0.3) is 0 Å². The highest BCUT2D eigenvalue weighted by atomic mass is 19.4. The van der Waals surface area contributed by atoms with Crippen molar-refractivity contribution in [3.8, 4) is 6.07 Å². The molecule has 0 fully saturated rings. The summed E-state index contributed by atoms with van der Waals surface area (Å²) < 4.78 is 41.2. The van der Waals surface area contributed by atoms with Crippen LogP contribution in [-0.4, -0.2) is 44.7 Å². The maximum Gasteiger partial charge on any atom is 0.425 e. The molecule has 0 saturated heterocycles. The first kappa shape index (κ1) is 19.0. The molecule has 1 rings (SSSR count). The first-order valence-corrected chi connectivity index (χ1v) is 7.01. The van der Waals surface area contributed by atoms with Crippen LogP contribution in [0.5, 0.6) is 0 Å². The van der Waals surface area contributed by atoms with Gasteiger partial charge in [-0.15, -0.1) is 0 Å². The Hall–Kier alpha value is -2.08. The first-order chi connectivity index (χ1) is 10.6. The highest BCUT2D eigenvalue weighted by Crippen LogP contribution is 2.41. The second-order valence-electron chi connectivity index (χ2n) is 5.36. The second kappa shape index (κ2) is 7.00. The molecule has 0 aliphatic rings. The van der Waals surface area contributed by atoms with Crippen molar-refractivity contribution >= 4 is 5.91 Å². The fraction of sp³-hybridized carbons (Fsp3) is 0.643. The smallest absolute Gasteiger partial charge is 0.374 e. The molecule has 0 aromatic carbocycles. The summed E-state index contributed by atoms with van der Waals surface area (Å²) in [5.41, 5.74) is -3.38. The van der Waals surface area contributed by atoms with Crippen LogP contribution in [0.25, 0.3) is 0 Å². The fourth-order valence-corrected chi connectivity index (χ4v) is 2.18. The van der Waals surface area contributed by atoms with Crippen LogP contribution in [0.3, 0.4) is 0 Å². The van der Waals surface area contributed by atoms with Gasteiger partial charge >= 0.3 is 6.18 Å². The number of halogens is 3. The minimum atomic E-state index is -5.07. The van der Waals surface area contributed by atoms with Crippen molar-refractivity contribution in [2.24, 2.45) is 13.0 Å². The number of imidazole rings is 1. The van der Waals surface area contributed by atoms with Gasteiger partial charge in [-0.25, -0.2) is 4.98 Å². The monoisotopic (exact) mass is 332 g/mol. The summed E-state index contributed by atoms with van der Waals surface area (Å²) in [5, 5.41) is 19.0. The van der Waals surface area contributed by atoms with Gasteiger partial charge in [-0.3, -0.25) is 4.79 Å². The van der Waals surface area contributed by atoms with Crippen molar-refractivity contribution in [3.63, 3.8) is 0 Å². The summed E-state index contributed by atoms with van der Waals surface area (Å²) in [5.74, 6) is -2.06. The summed E-state index contributed by atoms with van der Waals surface area (Å²) in [4.78, 5) is 16.9. The van der Waals surface area contributed by atoms with Gasteiger partial charge in [0.15, 0.2) is 5.82 Å². The van der Waals surface area contributed by atoms with E-state index >= 15 is 0 Å². The minimum absolute atomic E-state index is 0.000333. The van der Waals surface area contributed by atoms with Crippen LogP contribution in [0.15, 0.2) is 12.4 Å². The molecular weight excluding hydrogens is 313 g/mol. The van der Waals surface area contributed by atoms with E-state index in [4.69, 9.17) is 5.26 Å². The van der Waals surface area contributed by atoms with Gasteiger partial charge in [0, 0.05) is 32.5 Å². The van der Waals surface area contributed by atoms with Crippen molar-refractivity contribution in [1.29, 1.82) is 5.26 Å². The Bertz CT molecular complexity index is 594. The summed E-state index contributed by atoms with van der Waals surface area (Å²) >= 11 is 0. The zero-order valence-corrected chi connectivity index (χ0v) is 13.1. The summed E-state index contributed by atoms with van der Waals surface area (Å²) in [6.07, 6.45) is -3.88. The SMILES string of the molecule is CCN(CC(C)C#N)C(=O)CC(O)(c1nccn1C)C(F)(F)F. The quantitative estimate of drug-likeness (QED) is 0.857. The van der Waals surface area contributed by atoms with E-state index in [1.165, 1.54) is 13.2 Å². The third-order valence-electron chi connectivity index (χ3n) is 3.52. The molecule has 6 nitrogen and oxygen atoms in total. The maximum atomic E-state index is 13.4. The van der Waals surface area contributed by atoms with Gasteiger partial charge in [0.2, 0.25) is 11.5 Å². The highest BCUT2D eigenvalue weighted by Gasteiger charge is 2.59. The molecule has 9 heteroatoms.